The fraction of sp³-hybridized carbons (Fsp3) is 0.294. The highest BCUT2D eigenvalue weighted by molar-refractivity contribution is 6.41. The number of pyridine rings is 1. The summed E-state index contributed by atoms with van der Waals surface area (Å²) >= 11 is 0. The molecule has 0 bridgehead atoms. The van der Waals surface area contributed by atoms with Gasteiger partial charge in [0.1, 0.15) is 29.0 Å². The van der Waals surface area contributed by atoms with Crippen molar-refractivity contribution in [3.8, 4) is 11.5 Å². The molecule has 1 saturated heterocycles. The molecule has 2 heterocycles. The van der Waals surface area contributed by atoms with Gasteiger partial charge in [-0.2, -0.15) is 0 Å². The van der Waals surface area contributed by atoms with Crippen molar-refractivity contribution in [2.45, 2.75) is 18.8 Å². The van der Waals surface area contributed by atoms with Crippen molar-refractivity contribution in [1.29, 1.82) is 0 Å². The van der Waals surface area contributed by atoms with Crippen LogP contribution in [0, 0.1) is 0 Å². The summed E-state index contributed by atoms with van der Waals surface area (Å²) in [6.07, 6.45) is 1.63. The van der Waals surface area contributed by atoms with Crippen LogP contribution < -0.4 is 9.64 Å². The van der Waals surface area contributed by atoms with Gasteiger partial charge in [-0.15, -0.1) is 0 Å². The van der Waals surface area contributed by atoms with Gasteiger partial charge in [-0.25, -0.2) is 9.78 Å². The lowest BCUT2D eigenvalue weighted by molar-refractivity contribution is 0.0683. The number of anilines is 1. The number of nitrogens with zero attached hydrogens (tertiary/aromatic N) is 2. The summed E-state index contributed by atoms with van der Waals surface area (Å²) in [5.41, 5.74) is 0.0118. The fourth-order valence-corrected chi connectivity index (χ4v) is 2.83. The molecule has 0 amide bonds. The minimum atomic E-state index is -1.52. The lowest BCUT2D eigenvalue weighted by Gasteiger charge is -2.40. The number of aromatic hydroxyl groups is 1. The molecule has 0 aliphatic carbocycles. The van der Waals surface area contributed by atoms with Gasteiger partial charge in [-0.05, 0) is 36.5 Å². The lowest BCUT2D eigenvalue weighted by atomic mass is 9.82. The topological polar surface area (TPSA) is 123 Å². The number of aromatic carboxylic acids is 1. The molecular formula is C17H19BN2O6. The third-order valence-electron chi connectivity index (χ3n) is 4.22. The fourth-order valence-electron chi connectivity index (χ4n) is 2.83. The first-order valence-corrected chi connectivity index (χ1v) is 8.22. The minimum Gasteiger partial charge on any atom is -0.507 e. The smallest absolute Gasteiger partial charge is 0.451 e. The van der Waals surface area contributed by atoms with Gasteiger partial charge in [0.05, 0.1) is 13.1 Å². The van der Waals surface area contributed by atoms with E-state index in [2.05, 4.69) is 4.98 Å². The Balaban J connectivity index is 1.70. The summed E-state index contributed by atoms with van der Waals surface area (Å²) in [5, 5.41) is 37.5. The van der Waals surface area contributed by atoms with Crippen LogP contribution in [0.2, 0.25) is 6.32 Å². The molecule has 0 radical (unpaired) electrons. The molecule has 0 spiro atoms. The maximum absolute atomic E-state index is 11.5. The average Bonchev–Trinajstić information content (AvgIpc) is 2.57. The Hall–Kier alpha value is -2.78. The molecule has 26 heavy (non-hydrogen) atoms. The molecule has 1 aromatic heterocycles. The Morgan fingerprint density at radius 3 is 2.65 bits per heavy atom. The molecule has 8 nitrogen and oxygen atoms in total. The van der Waals surface area contributed by atoms with E-state index in [4.69, 9.17) is 14.8 Å². The quantitative estimate of drug-likeness (QED) is 0.535. The van der Waals surface area contributed by atoms with Gasteiger partial charge < -0.3 is 29.9 Å². The first-order chi connectivity index (χ1) is 12.5. The van der Waals surface area contributed by atoms with Crippen LogP contribution in [-0.2, 0) is 6.42 Å². The maximum Gasteiger partial charge on any atom is 0.451 e. The lowest BCUT2D eigenvalue weighted by Crippen LogP contribution is -2.54. The van der Waals surface area contributed by atoms with Crippen molar-refractivity contribution in [3.05, 3.63) is 47.7 Å². The zero-order valence-electron chi connectivity index (χ0n) is 13.9. The maximum atomic E-state index is 11.5. The first-order valence-electron chi connectivity index (χ1n) is 8.22. The van der Waals surface area contributed by atoms with Gasteiger partial charge in [-0.1, -0.05) is 12.1 Å². The second kappa shape index (κ2) is 7.63. The van der Waals surface area contributed by atoms with Crippen LogP contribution in [0.1, 0.15) is 15.9 Å². The standard InChI is InChI=1S/C17H19BN2O6/c21-16-11(6-7-18(24)25)4-5-13(15(16)17(22)23)26-12-9-20(10-12)14-3-1-2-8-19-14/h1-5,8,12,21,24-25H,6-7,9-10H2,(H,22,23). The number of aromatic nitrogens is 1. The second-order valence-electron chi connectivity index (χ2n) is 6.10. The van der Waals surface area contributed by atoms with Crippen molar-refractivity contribution in [2.24, 2.45) is 0 Å². The molecule has 0 atom stereocenters. The second-order valence-corrected chi connectivity index (χ2v) is 6.10. The van der Waals surface area contributed by atoms with E-state index in [1.165, 1.54) is 12.1 Å². The molecule has 1 fully saturated rings. The highest BCUT2D eigenvalue weighted by Gasteiger charge is 2.31. The largest absolute Gasteiger partial charge is 0.507 e. The number of phenols is 1. The van der Waals surface area contributed by atoms with Crippen LogP contribution in [0.3, 0.4) is 0 Å². The van der Waals surface area contributed by atoms with Gasteiger partial charge in [0, 0.05) is 6.20 Å². The zero-order chi connectivity index (χ0) is 18.7. The molecule has 0 unspecified atom stereocenters. The minimum absolute atomic E-state index is 0.00547. The first kappa shape index (κ1) is 18.0. The van der Waals surface area contributed by atoms with Crippen molar-refractivity contribution in [3.63, 3.8) is 0 Å². The van der Waals surface area contributed by atoms with E-state index < -0.39 is 18.8 Å². The van der Waals surface area contributed by atoms with Crippen LogP contribution in [-0.4, -0.2) is 57.5 Å². The van der Waals surface area contributed by atoms with E-state index in [1.807, 2.05) is 23.1 Å². The predicted octanol–water partition coefficient (Wildman–Crippen LogP) is 0.768. The monoisotopic (exact) mass is 358 g/mol. The number of rotatable bonds is 7. The molecule has 1 aliphatic heterocycles. The van der Waals surface area contributed by atoms with E-state index in [0.29, 0.717) is 18.7 Å². The summed E-state index contributed by atoms with van der Waals surface area (Å²) in [6, 6.07) is 8.63. The number of aryl methyl sites for hydroxylation is 1. The Bertz CT molecular complexity index is 780. The van der Waals surface area contributed by atoms with Crippen molar-refractivity contribution >= 4 is 18.9 Å². The molecule has 1 aliphatic rings. The summed E-state index contributed by atoms with van der Waals surface area (Å²) < 4.78 is 5.75. The van der Waals surface area contributed by atoms with Gasteiger partial charge in [0.2, 0.25) is 0 Å². The SMILES string of the molecule is O=C(O)c1c(OC2CN(c3ccccn3)C2)ccc(CCB(O)O)c1O. The highest BCUT2D eigenvalue weighted by atomic mass is 16.5. The van der Waals surface area contributed by atoms with E-state index in [1.54, 1.807) is 6.20 Å². The summed E-state index contributed by atoms with van der Waals surface area (Å²) in [5.74, 6) is -0.790. The number of hydrogen-bond acceptors (Lipinski definition) is 7. The molecule has 0 saturated carbocycles. The average molecular weight is 358 g/mol. The number of carboxylic acid groups (broad SMARTS) is 1. The number of carboxylic acids is 1. The van der Waals surface area contributed by atoms with Crippen molar-refractivity contribution in [2.75, 3.05) is 18.0 Å². The zero-order valence-corrected chi connectivity index (χ0v) is 13.9. The number of ether oxygens (including phenoxy) is 1. The van der Waals surface area contributed by atoms with Gasteiger partial charge >= 0.3 is 13.1 Å². The Labute approximate surface area is 150 Å². The summed E-state index contributed by atoms with van der Waals surface area (Å²) in [6.45, 7) is 1.13. The van der Waals surface area contributed by atoms with Gasteiger partial charge in [-0.3, -0.25) is 0 Å². The van der Waals surface area contributed by atoms with Crippen LogP contribution in [0.25, 0.3) is 0 Å². The Kier molecular flexibility index (Phi) is 5.29. The van der Waals surface area contributed by atoms with Crippen LogP contribution in [0.5, 0.6) is 11.5 Å². The number of hydrogen-bond donors (Lipinski definition) is 4. The van der Waals surface area contributed by atoms with Crippen LogP contribution in [0.4, 0.5) is 5.82 Å². The molecule has 136 valence electrons. The molecule has 3 rings (SSSR count). The highest BCUT2D eigenvalue weighted by Crippen LogP contribution is 2.34. The van der Waals surface area contributed by atoms with E-state index in [-0.39, 0.29) is 30.2 Å². The Morgan fingerprint density at radius 1 is 1.27 bits per heavy atom. The third-order valence-corrected chi connectivity index (χ3v) is 4.22. The normalized spacial score (nSPS) is 14.0. The predicted molar refractivity (Wildman–Crippen MR) is 94.6 cm³/mol. The van der Waals surface area contributed by atoms with Crippen molar-refractivity contribution < 1.29 is 29.8 Å². The molecule has 1 aromatic carbocycles. The molecular weight excluding hydrogens is 339 g/mol. The summed E-state index contributed by atoms with van der Waals surface area (Å²) in [7, 11) is -1.52. The van der Waals surface area contributed by atoms with E-state index in [0.717, 1.165) is 5.82 Å². The molecule has 9 heteroatoms. The number of carbonyl (C=O) groups is 1. The number of benzene rings is 1. The van der Waals surface area contributed by atoms with Crippen LogP contribution in [0.15, 0.2) is 36.5 Å². The van der Waals surface area contributed by atoms with Gasteiger partial charge in [0.15, 0.2) is 0 Å². The molecule has 4 N–H and O–H groups in total. The Morgan fingerprint density at radius 2 is 2.04 bits per heavy atom. The molecule has 2 aromatic rings. The third kappa shape index (κ3) is 3.89. The van der Waals surface area contributed by atoms with Gasteiger partial charge in [0.25, 0.3) is 0 Å². The van der Waals surface area contributed by atoms with Crippen molar-refractivity contribution in [1.82, 2.24) is 4.98 Å². The van der Waals surface area contributed by atoms with Crippen LogP contribution >= 0.6 is 0 Å². The van der Waals surface area contributed by atoms with E-state index >= 15 is 0 Å². The summed E-state index contributed by atoms with van der Waals surface area (Å²) in [4.78, 5) is 17.8. The van der Waals surface area contributed by atoms with E-state index in [9.17, 15) is 15.0 Å².